The Hall–Kier alpha value is -0.730. The van der Waals surface area contributed by atoms with E-state index in [4.69, 9.17) is 16.3 Å². The van der Waals surface area contributed by atoms with Crippen molar-refractivity contribution in [3.05, 3.63) is 28.3 Å². The SMILES string of the molecule is CC1CCCC(O)(Cc2cc(Cl)cc3c2OCC3)C1C. The molecule has 0 amide bonds. The van der Waals surface area contributed by atoms with Crippen molar-refractivity contribution >= 4 is 11.6 Å². The van der Waals surface area contributed by atoms with Crippen molar-refractivity contribution in [2.24, 2.45) is 11.8 Å². The van der Waals surface area contributed by atoms with E-state index in [9.17, 15) is 5.11 Å². The summed E-state index contributed by atoms with van der Waals surface area (Å²) in [7, 11) is 0. The molecule has 3 unspecified atom stereocenters. The molecule has 0 bridgehead atoms. The quantitative estimate of drug-likeness (QED) is 0.893. The summed E-state index contributed by atoms with van der Waals surface area (Å²) in [6.45, 7) is 5.15. The Bertz CT molecular complexity index is 514. The molecular weight excluding hydrogens is 272 g/mol. The number of ether oxygens (including phenoxy) is 1. The molecule has 1 saturated carbocycles. The van der Waals surface area contributed by atoms with Gasteiger partial charge < -0.3 is 9.84 Å². The lowest BCUT2D eigenvalue weighted by atomic mass is 9.68. The van der Waals surface area contributed by atoms with Crippen LogP contribution in [0.3, 0.4) is 0 Å². The molecular formula is C17H23ClO2. The van der Waals surface area contributed by atoms with Crippen molar-refractivity contribution in [1.29, 1.82) is 0 Å². The first-order valence-electron chi connectivity index (χ1n) is 7.66. The topological polar surface area (TPSA) is 29.5 Å². The second kappa shape index (κ2) is 5.23. The van der Waals surface area contributed by atoms with E-state index in [1.807, 2.05) is 12.1 Å². The fourth-order valence-corrected chi connectivity index (χ4v) is 4.06. The van der Waals surface area contributed by atoms with Crippen LogP contribution in [0.4, 0.5) is 0 Å². The standard InChI is InChI=1S/C17H23ClO2/c1-11-4-3-6-17(19,12(11)2)10-14-9-15(18)8-13-5-7-20-16(13)14/h8-9,11-12,19H,3-7,10H2,1-2H3. The van der Waals surface area contributed by atoms with Crippen LogP contribution in [-0.2, 0) is 12.8 Å². The van der Waals surface area contributed by atoms with E-state index in [1.165, 1.54) is 12.0 Å². The molecule has 1 aliphatic carbocycles. The molecule has 1 aromatic carbocycles. The molecule has 0 radical (unpaired) electrons. The molecule has 1 fully saturated rings. The lowest BCUT2D eigenvalue weighted by Crippen LogP contribution is -2.44. The van der Waals surface area contributed by atoms with Gasteiger partial charge in [0.1, 0.15) is 5.75 Å². The Kier molecular flexibility index (Phi) is 3.72. The van der Waals surface area contributed by atoms with Gasteiger partial charge in [0, 0.05) is 17.9 Å². The maximum Gasteiger partial charge on any atom is 0.126 e. The second-order valence-electron chi connectivity index (χ2n) is 6.59. The number of rotatable bonds is 2. The van der Waals surface area contributed by atoms with Crippen LogP contribution in [0.25, 0.3) is 0 Å². The van der Waals surface area contributed by atoms with E-state index in [0.29, 0.717) is 18.3 Å². The third kappa shape index (κ3) is 2.44. The van der Waals surface area contributed by atoms with E-state index in [1.54, 1.807) is 0 Å². The molecule has 110 valence electrons. The smallest absolute Gasteiger partial charge is 0.126 e. The number of benzene rings is 1. The van der Waals surface area contributed by atoms with Gasteiger partial charge in [0.2, 0.25) is 0 Å². The van der Waals surface area contributed by atoms with Gasteiger partial charge in [-0.15, -0.1) is 0 Å². The summed E-state index contributed by atoms with van der Waals surface area (Å²) in [4.78, 5) is 0. The zero-order valence-corrected chi connectivity index (χ0v) is 13.0. The number of hydrogen-bond acceptors (Lipinski definition) is 2. The average molecular weight is 295 g/mol. The fraction of sp³-hybridized carbons (Fsp3) is 0.647. The van der Waals surface area contributed by atoms with Crippen molar-refractivity contribution in [3.63, 3.8) is 0 Å². The Balaban J connectivity index is 1.91. The van der Waals surface area contributed by atoms with Crippen LogP contribution in [0.2, 0.25) is 5.02 Å². The maximum absolute atomic E-state index is 11.1. The van der Waals surface area contributed by atoms with Crippen molar-refractivity contribution in [1.82, 2.24) is 0 Å². The molecule has 3 rings (SSSR count). The molecule has 3 heteroatoms. The summed E-state index contributed by atoms with van der Waals surface area (Å²) in [5.74, 6) is 1.85. The predicted molar refractivity (Wildman–Crippen MR) is 81.5 cm³/mol. The maximum atomic E-state index is 11.1. The van der Waals surface area contributed by atoms with Crippen LogP contribution >= 0.6 is 11.6 Å². The van der Waals surface area contributed by atoms with Crippen molar-refractivity contribution in [3.8, 4) is 5.75 Å². The van der Waals surface area contributed by atoms with Gasteiger partial charge in [0.15, 0.2) is 0 Å². The largest absolute Gasteiger partial charge is 0.493 e. The van der Waals surface area contributed by atoms with E-state index in [0.717, 1.165) is 42.2 Å². The van der Waals surface area contributed by atoms with Crippen molar-refractivity contribution < 1.29 is 9.84 Å². The molecule has 0 saturated heterocycles. The van der Waals surface area contributed by atoms with Gasteiger partial charge in [0.05, 0.1) is 12.2 Å². The highest BCUT2D eigenvalue weighted by atomic mass is 35.5. The Morgan fingerprint density at radius 1 is 1.40 bits per heavy atom. The molecule has 0 aromatic heterocycles. The van der Waals surface area contributed by atoms with Gasteiger partial charge >= 0.3 is 0 Å². The number of halogens is 1. The van der Waals surface area contributed by atoms with Crippen LogP contribution in [0.1, 0.15) is 44.2 Å². The first-order chi connectivity index (χ1) is 9.49. The van der Waals surface area contributed by atoms with Gasteiger partial charge in [-0.05, 0) is 41.5 Å². The molecule has 1 aromatic rings. The van der Waals surface area contributed by atoms with Gasteiger partial charge in [-0.1, -0.05) is 38.3 Å². The first kappa shape index (κ1) is 14.2. The zero-order chi connectivity index (χ0) is 14.3. The summed E-state index contributed by atoms with van der Waals surface area (Å²) in [5.41, 5.74) is 1.64. The Labute approximate surface area is 126 Å². The lowest BCUT2D eigenvalue weighted by molar-refractivity contribution is -0.0623. The van der Waals surface area contributed by atoms with Gasteiger partial charge in [0.25, 0.3) is 0 Å². The zero-order valence-electron chi connectivity index (χ0n) is 12.3. The highest BCUT2D eigenvalue weighted by Crippen LogP contribution is 2.42. The molecule has 1 heterocycles. The van der Waals surface area contributed by atoms with E-state index in [-0.39, 0.29) is 0 Å². The Morgan fingerprint density at radius 2 is 2.20 bits per heavy atom. The monoisotopic (exact) mass is 294 g/mol. The predicted octanol–water partition coefficient (Wildman–Crippen LogP) is 4.00. The molecule has 1 N–H and O–H groups in total. The van der Waals surface area contributed by atoms with Gasteiger partial charge in [-0.2, -0.15) is 0 Å². The third-order valence-corrected chi connectivity index (χ3v) is 5.51. The summed E-state index contributed by atoms with van der Waals surface area (Å²) in [5, 5.41) is 11.8. The molecule has 3 atom stereocenters. The summed E-state index contributed by atoms with van der Waals surface area (Å²) in [6, 6.07) is 3.96. The highest BCUT2D eigenvalue weighted by molar-refractivity contribution is 6.30. The molecule has 20 heavy (non-hydrogen) atoms. The van der Waals surface area contributed by atoms with Crippen LogP contribution in [-0.4, -0.2) is 17.3 Å². The van der Waals surface area contributed by atoms with Crippen LogP contribution in [0, 0.1) is 11.8 Å². The minimum atomic E-state index is -0.623. The van der Waals surface area contributed by atoms with Gasteiger partial charge in [-0.3, -0.25) is 0 Å². The molecule has 1 aliphatic heterocycles. The lowest BCUT2D eigenvalue weighted by Gasteiger charge is -2.42. The van der Waals surface area contributed by atoms with Crippen LogP contribution in [0.5, 0.6) is 5.75 Å². The van der Waals surface area contributed by atoms with Crippen LogP contribution < -0.4 is 4.74 Å². The molecule has 2 nitrogen and oxygen atoms in total. The second-order valence-corrected chi connectivity index (χ2v) is 7.03. The Morgan fingerprint density at radius 3 is 3.00 bits per heavy atom. The van der Waals surface area contributed by atoms with Crippen molar-refractivity contribution in [2.75, 3.05) is 6.61 Å². The average Bonchev–Trinajstić information content (AvgIpc) is 2.84. The highest BCUT2D eigenvalue weighted by Gasteiger charge is 2.40. The minimum Gasteiger partial charge on any atom is -0.493 e. The summed E-state index contributed by atoms with van der Waals surface area (Å²) in [6.07, 6.45) is 4.77. The van der Waals surface area contributed by atoms with Gasteiger partial charge in [-0.25, -0.2) is 0 Å². The normalized spacial score (nSPS) is 32.8. The fourth-order valence-electron chi connectivity index (χ4n) is 3.79. The minimum absolute atomic E-state index is 0.312. The van der Waals surface area contributed by atoms with E-state index >= 15 is 0 Å². The summed E-state index contributed by atoms with van der Waals surface area (Å²) >= 11 is 6.22. The number of hydrogen-bond donors (Lipinski definition) is 1. The van der Waals surface area contributed by atoms with Crippen molar-refractivity contribution in [2.45, 2.75) is 51.6 Å². The summed E-state index contributed by atoms with van der Waals surface area (Å²) < 4.78 is 5.76. The van der Waals surface area contributed by atoms with E-state index in [2.05, 4.69) is 13.8 Å². The van der Waals surface area contributed by atoms with Crippen LogP contribution in [0.15, 0.2) is 12.1 Å². The molecule has 2 aliphatic rings. The number of aliphatic hydroxyl groups is 1. The van der Waals surface area contributed by atoms with E-state index < -0.39 is 5.60 Å². The first-order valence-corrected chi connectivity index (χ1v) is 8.04. The third-order valence-electron chi connectivity index (χ3n) is 5.29. The number of fused-ring (bicyclic) bond motifs is 1. The molecule has 0 spiro atoms.